The van der Waals surface area contributed by atoms with Gasteiger partial charge >= 0.3 is 0 Å². The molecular formula is C15H12N2O. The van der Waals surface area contributed by atoms with E-state index in [-0.39, 0.29) is 0 Å². The topological polar surface area (TPSA) is 37.9 Å². The molecule has 0 saturated carbocycles. The van der Waals surface area contributed by atoms with Crippen molar-refractivity contribution >= 4 is 0 Å². The first kappa shape index (κ1) is 10.6. The number of hydrogen-bond acceptors (Lipinski definition) is 2. The number of hydrogen-bond donors (Lipinski definition) is 1. The molecule has 3 nitrogen and oxygen atoms in total. The van der Waals surface area contributed by atoms with Crippen molar-refractivity contribution < 1.29 is 4.74 Å². The lowest BCUT2D eigenvalue weighted by atomic mass is 10.2. The molecule has 3 aromatic rings. The predicted octanol–water partition coefficient (Wildman–Crippen LogP) is 3.87. The maximum atomic E-state index is 5.72. The molecule has 88 valence electrons. The summed E-state index contributed by atoms with van der Waals surface area (Å²) in [5, 5.41) is 0. The fraction of sp³-hybridized carbons (Fsp3) is 0. The third-order valence-electron chi connectivity index (χ3n) is 2.64. The Balaban J connectivity index is 1.80. The number of imidazole rings is 1. The van der Waals surface area contributed by atoms with Crippen LogP contribution >= 0.6 is 0 Å². The Hall–Kier alpha value is -2.55. The number of benzene rings is 2. The van der Waals surface area contributed by atoms with E-state index in [0.717, 1.165) is 22.8 Å². The molecule has 3 heteroatoms. The highest BCUT2D eigenvalue weighted by atomic mass is 16.5. The minimum atomic E-state index is 0.824. The second kappa shape index (κ2) is 4.75. The Kier molecular flexibility index (Phi) is 2.80. The van der Waals surface area contributed by atoms with Crippen LogP contribution in [0.3, 0.4) is 0 Å². The molecule has 0 amide bonds. The zero-order valence-corrected chi connectivity index (χ0v) is 9.71. The molecule has 0 aliphatic carbocycles. The van der Waals surface area contributed by atoms with Gasteiger partial charge in [-0.25, -0.2) is 4.98 Å². The van der Waals surface area contributed by atoms with Crippen molar-refractivity contribution in [3.8, 4) is 22.8 Å². The average molecular weight is 236 g/mol. The van der Waals surface area contributed by atoms with Gasteiger partial charge in [0.25, 0.3) is 0 Å². The number of rotatable bonds is 3. The average Bonchev–Trinajstić information content (AvgIpc) is 2.95. The number of nitrogens with one attached hydrogen (secondary N) is 1. The number of nitrogens with zero attached hydrogens (tertiary/aromatic N) is 1. The third kappa shape index (κ3) is 2.25. The van der Waals surface area contributed by atoms with Gasteiger partial charge in [-0.1, -0.05) is 18.2 Å². The molecular weight excluding hydrogens is 224 g/mol. The van der Waals surface area contributed by atoms with Crippen molar-refractivity contribution in [3.63, 3.8) is 0 Å². The predicted molar refractivity (Wildman–Crippen MR) is 70.5 cm³/mol. The Morgan fingerprint density at radius 2 is 1.56 bits per heavy atom. The van der Waals surface area contributed by atoms with E-state index in [9.17, 15) is 0 Å². The van der Waals surface area contributed by atoms with Gasteiger partial charge in [-0.3, -0.25) is 0 Å². The summed E-state index contributed by atoms with van der Waals surface area (Å²) in [4.78, 5) is 7.07. The first-order chi connectivity index (χ1) is 8.92. The van der Waals surface area contributed by atoms with Crippen LogP contribution < -0.4 is 4.74 Å². The molecule has 0 saturated heterocycles. The van der Waals surface area contributed by atoms with Gasteiger partial charge in [0.05, 0.1) is 18.2 Å². The van der Waals surface area contributed by atoms with Gasteiger partial charge in [0.2, 0.25) is 0 Å². The Morgan fingerprint density at radius 1 is 0.833 bits per heavy atom. The van der Waals surface area contributed by atoms with Crippen LogP contribution in [-0.2, 0) is 0 Å². The second-order valence-electron chi connectivity index (χ2n) is 3.90. The van der Waals surface area contributed by atoms with E-state index in [1.807, 2.05) is 54.6 Å². The van der Waals surface area contributed by atoms with Crippen LogP contribution in [0.15, 0.2) is 67.1 Å². The molecule has 0 spiro atoms. The molecule has 0 aliphatic heterocycles. The van der Waals surface area contributed by atoms with Crippen LogP contribution in [0, 0.1) is 0 Å². The van der Waals surface area contributed by atoms with Gasteiger partial charge in [-0.2, -0.15) is 0 Å². The first-order valence-corrected chi connectivity index (χ1v) is 5.73. The van der Waals surface area contributed by atoms with Gasteiger partial charge < -0.3 is 9.72 Å². The van der Waals surface area contributed by atoms with Crippen LogP contribution in [0.25, 0.3) is 11.3 Å². The molecule has 0 bridgehead atoms. The molecule has 0 unspecified atom stereocenters. The quantitative estimate of drug-likeness (QED) is 0.749. The fourth-order valence-electron chi connectivity index (χ4n) is 1.74. The van der Waals surface area contributed by atoms with Gasteiger partial charge in [0.1, 0.15) is 11.5 Å². The molecule has 18 heavy (non-hydrogen) atoms. The Morgan fingerprint density at radius 3 is 2.22 bits per heavy atom. The summed E-state index contributed by atoms with van der Waals surface area (Å²) in [5.41, 5.74) is 2.09. The van der Waals surface area contributed by atoms with Crippen LogP contribution in [0.4, 0.5) is 0 Å². The van der Waals surface area contributed by atoms with E-state index in [0.29, 0.717) is 0 Å². The van der Waals surface area contributed by atoms with Crippen LogP contribution in [0.2, 0.25) is 0 Å². The molecule has 0 aliphatic rings. The molecule has 2 aromatic carbocycles. The highest BCUT2D eigenvalue weighted by Crippen LogP contribution is 2.24. The maximum absolute atomic E-state index is 5.72. The SMILES string of the molecule is c1ccc(Oc2ccc(-c3cnc[nH]3)cc2)cc1. The van der Waals surface area contributed by atoms with E-state index in [2.05, 4.69) is 9.97 Å². The highest BCUT2D eigenvalue weighted by Gasteiger charge is 2.00. The van der Waals surface area contributed by atoms with Crippen LogP contribution in [0.1, 0.15) is 0 Å². The van der Waals surface area contributed by atoms with E-state index >= 15 is 0 Å². The first-order valence-electron chi connectivity index (χ1n) is 5.73. The van der Waals surface area contributed by atoms with E-state index in [1.165, 1.54) is 0 Å². The Bertz CT molecular complexity index is 601. The second-order valence-corrected chi connectivity index (χ2v) is 3.90. The fourth-order valence-corrected chi connectivity index (χ4v) is 1.74. The van der Waals surface area contributed by atoms with E-state index < -0.39 is 0 Å². The number of para-hydroxylation sites is 1. The minimum Gasteiger partial charge on any atom is -0.457 e. The standard InChI is InChI=1S/C15H12N2O/c1-2-4-13(5-3-1)18-14-8-6-12(7-9-14)15-10-16-11-17-15/h1-11H,(H,16,17). The third-order valence-corrected chi connectivity index (χ3v) is 2.64. The van der Waals surface area contributed by atoms with Gasteiger partial charge in [-0.05, 0) is 42.0 Å². The molecule has 0 atom stereocenters. The summed E-state index contributed by atoms with van der Waals surface area (Å²) in [6, 6.07) is 17.6. The van der Waals surface area contributed by atoms with E-state index in [4.69, 9.17) is 4.74 Å². The number of ether oxygens (including phenoxy) is 1. The number of H-pyrrole nitrogens is 1. The summed E-state index contributed by atoms with van der Waals surface area (Å²) in [6.07, 6.45) is 3.47. The summed E-state index contributed by atoms with van der Waals surface area (Å²) in [5.74, 6) is 1.66. The smallest absolute Gasteiger partial charge is 0.127 e. The normalized spacial score (nSPS) is 10.2. The van der Waals surface area contributed by atoms with Gasteiger partial charge in [-0.15, -0.1) is 0 Å². The maximum Gasteiger partial charge on any atom is 0.127 e. The van der Waals surface area contributed by atoms with Crippen molar-refractivity contribution in [2.75, 3.05) is 0 Å². The number of aromatic amines is 1. The zero-order chi connectivity index (χ0) is 12.2. The van der Waals surface area contributed by atoms with Crippen molar-refractivity contribution in [3.05, 3.63) is 67.1 Å². The molecule has 1 aromatic heterocycles. The zero-order valence-electron chi connectivity index (χ0n) is 9.71. The molecule has 1 heterocycles. The number of aromatic nitrogens is 2. The molecule has 1 N–H and O–H groups in total. The molecule has 0 radical (unpaired) electrons. The molecule has 3 rings (SSSR count). The molecule has 0 fully saturated rings. The summed E-state index contributed by atoms with van der Waals surface area (Å²) < 4.78 is 5.72. The lowest BCUT2D eigenvalue weighted by molar-refractivity contribution is 0.483. The summed E-state index contributed by atoms with van der Waals surface area (Å²) in [6.45, 7) is 0. The highest BCUT2D eigenvalue weighted by molar-refractivity contribution is 5.59. The van der Waals surface area contributed by atoms with Crippen LogP contribution in [0.5, 0.6) is 11.5 Å². The largest absolute Gasteiger partial charge is 0.457 e. The van der Waals surface area contributed by atoms with Gasteiger partial charge in [0, 0.05) is 0 Å². The minimum absolute atomic E-state index is 0.824. The lowest BCUT2D eigenvalue weighted by Crippen LogP contribution is -1.83. The van der Waals surface area contributed by atoms with Crippen molar-refractivity contribution in [1.29, 1.82) is 0 Å². The monoisotopic (exact) mass is 236 g/mol. The van der Waals surface area contributed by atoms with Gasteiger partial charge in [0.15, 0.2) is 0 Å². The summed E-state index contributed by atoms with van der Waals surface area (Å²) in [7, 11) is 0. The van der Waals surface area contributed by atoms with Crippen molar-refractivity contribution in [2.24, 2.45) is 0 Å². The van der Waals surface area contributed by atoms with E-state index in [1.54, 1.807) is 12.5 Å². The van der Waals surface area contributed by atoms with Crippen molar-refractivity contribution in [2.45, 2.75) is 0 Å². The summed E-state index contributed by atoms with van der Waals surface area (Å²) >= 11 is 0. The Labute approximate surface area is 105 Å². The van der Waals surface area contributed by atoms with Crippen molar-refractivity contribution in [1.82, 2.24) is 9.97 Å². The lowest BCUT2D eigenvalue weighted by Gasteiger charge is -2.05. The van der Waals surface area contributed by atoms with Crippen LogP contribution in [-0.4, -0.2) is 9.97 Å².